The van der Waals surface area contributed by atoms with Gasteiger partial charge in [-0.25, -0.2) is 0 Å². The van der Waals surface area contributed by atoms with Crippen molar-refractivity contribution in [1.82, 2.24) is 10.2 Å². The van der Waals surface area contributed by atoms with Crippen LogP contribution in [0.15, 0.2) is 0 Å². The molecular formula is C8H14N2OS. The van der Waals surface area contributed by atoms with E-state index in [1.54, 1.807) is 11.8 Å². The van der Waals surface area contributed by atoms with E-state index in [4.69, 9.17) is 0 Å². The summed E-state index contributed by atoms with van der Waals surface area (Å²) in [5.74, 6) is 2.09. The van der Waals surface area contributed by atoms with Crippen LogP contribution in [0, 0.1) is 0 Å². The molecule has 0 bridgehead atoms. The fourth-order valence-electron chi connectivity index (χ4n) is 1.79. The highest BCUT2D eigenvalue weighted by Crippen LogP contribution is 2.17. The first-order valence-electron chi connectivity index (χ1n) is 4.48. The fourth-order valence-corrected chi connectivity index (χ4v) is 2.60. The number of hydrogen-bond acceptors (Lipinski definition) is 3. The maximum absolute atomic E-state index is 11.4. The highest BCUT2D eigenvalue weighted by Gasteiger charge is 2.27. The van der Waals surface area contributed by atoms with E-state index in [2.05, 4.69) is 5.32 Å². The van der Waals surface area contributed by atoms with Crippen molar-refractivity contribution in [1.29, 1.82) is 0 Å². The summed E-state index contributed by atoms with van der Waals surface area (Å²) in [6.07, 6.45) is 2.69. The predicted octanol–water partition coefficient (Wildman–Crippen LogP) is 0.271. The van der Waals surface area contributed by atoms with Crippen molar-refractivity contribution < 1.29 is 4.79 Å². The van der Waals surface area contributed by atoms with E-state index < -0.39 is 0 Å². The molecule has 0 aromatic carbocycles. The number of amides is 1. The summed E-state index contributed by atoms with van der Waals surface area (Å²) in [5, 5.41) is 3.35. The first kappa shape index (κ1) is 8.38. The number of nitrogens with one attached hydrogen (secondary N) is 1. The lowest BCUT2D eigenvalue weighted by Crippen LogP contribution is -2.49. The van der Waals surface area contributed by atoms with E-state index in [-0.39, 0.29) is 0 Å². The average Bonchev–Trinajstić information content (AvgIpc) is 2.57. The second kappa shape index (κ2) is 3.66. The average molecular weight is 186 g/mol. The Labute approximate surface area is 76.9 Å². The molecule has 2 aliphatic rings. The van der Waals surface area contributed by atoms with Crippen molar-refractivity contribution in [3.05, 3.63) is 0 Å². The molecule has 2 rings (SSSR count). The Hall–Kier alpha value is -0.220. The number of nitrogens with zero attached hydrogens (tertiary/aromatic N) is 1. The van der Waals surface area contributed by atoms with Gasteiger partial charge in [-0.05, 0) is 19.4 Å². The topological polar surface area (TPSA) is 32.3 Å². The summed E-state index contributed by atoms with van der Waals surface area (Å²) in [6.45, 7) is 2.00. The van der Waals surface area contributed by atoms with Gasteiger partial charge in [0, 0.05) is 12.3 Å². The molecule has 12 heavy (non-hydrogen) atoms. The molecule has 2 heterocycles. The van der Waals surface area contributed by atoms with E-state index in [0.29, 0.717) is 17.8 Å². The summed E-state index contributed by atoms with van der Waals surface area (Å²) < 4.78 is 0. The molecule has 1 atom stereocenters. The maximum Gasteiger partial charge on any atom is 0.233 e. The Bertz CT molecular complexity index is 180. The number of hydrogen-bond donors (Lipinski definition) is 1. The van der Waals surface area contributed by atoms with Crippen molar-refractivity contribution in [3.8, 4) is 0 Å². The van der Waals surface area contributed by atoms with E-state index in [1.807, 2.05) is 4.90 Å². The van der Waals surface area contributed by atoms with Crippen LogP contribution in [0.25, 0.3) is 0 Å². The zero-order valence-electron chi connectivity index (χ0n) is 7.08. The fraction of sp³-hybridized carbons (Fsp3) is 0.875. The normalized spacial score (nSPS) is 31.2. The molecular weight excluding hydrogens is 172 g/mol. The molecule has 0 saturated carbocycles. The molecule has 4 heteroatoms. The molecule has 1 N–H and O–H groups in total. The second-order valence-corrected chi connectivity index (χ2v) is 4.36. The lowest BCUT2D eigenvalue weighted by Gasteiger charge is -2.31. The van der Waals surface area contributed by atoms with Crippen LogP contribution in [0.2, 0.25) is 0 Å². The molecule has 0 aromatic heterocycles. The van der Waals surface area contributed by atoms with Gasteiger partial charge in [-0.3, -0.25) is 10.1 Å². The third-order valence-corrected chi connectivity index (χ3v) is 3.36. The predicted molar refractivity (Wildman–Crippen MR) is 50.1 cm³/mol. The summed E-state index contributed by atoms with van der Waals surface area (Å²) in [5.41, 5.74) is 0. The van der Waals surface area contributed by atoms with Gasteiger partial charge in [0.2, 0.25) is 5.91 Å². The zero-order chi connectivity index (χ0) is 8.39. The van der Waals surface area contributed by atoms with Gasteiger partial charge >= 0.3 is 0 Å². The molecule has 0 aliphatic carbocycles. The minimum atomic E-state index is 0.311. The Balaban J connectivity index is 1.95. The van der Waals surface area contributed by atoms with Crippen LogP contribution in [0.5, 0.6) is 0 Å². The van der Waals surface area contributed by atoms with Gasteiger partial charge in [-0.15, -0.1) is 0 Å². The summed E-state index contributed by atoms with van der Waals surface area (Å²) in [4.78, 5) is 13.4. The largest absolute Gasteiger partial charge is 0.326 e. The monoisotopic (exact) mass is 186 g/mol. The van der Waals surface area contributed by atoms with Crippen LogP contribution in [0.1, 0.15) is 12.8 Å². The van der Waals surface area contributed by atoms with Crippen LogP contribution in [-0.4, -0.2) is 41.6 Å². The molecule has 0 aromatic rings. The molecule has 0 radical (unpaired) electrons. The third kappa shape index (κ3) is 1.59. The minimum absolute atomic E-state index is 0.311. The summed E-state index contributed by atoms with van der Waals surface area (Å²) >= 11 is 1.75. The second-order valence-electron chi connectivity index (χ2n) is 3.25. The quantitative estimate of drug-likeness (QED) is 0.638. The lowest BCUT2D eigenvalue weighted by molar-refractivity contribution is -0.131. The third-order valence-electron chi connectivity index (χ3n) is 2.43. The number of carbonyl (C=O) groups excluding carboxylic acids is 1. The van der Waals surface area contributed by atoms with Crippen LogP contribution in [-0.2, 0) is 4.79 Å². The van der Waals surface area contributed by atoms with Gasteiger partial charge in [-0.1, -0.05) is 0 Å². The molecule has 3 nitrogen and oxygen atoms in total. The van der Waals surface area contributed by atoms with Gasteiger partial charge in [0.15, 0.2) is 0 Å². The minimum Gasteiger partial charge on any atom is -0.326 e. The first-order valence-corrected chi connectivity index (χ1v) is 5.64. The van der Waals surface area contributed by atoms with Crippen LogP contribution in [0.4, 0.5) is 0 Å². The number of thioether (sulfide) groups is 1. The van der Waals surface area contributed by atoms with Gasteiger partial charge in [0.25, 0.3) is 0 Å². The molecule has 2 saturated heterocycles. The highest BCUT2D eigenvalue weighted by molar-refractivity contribution is 8.00. The zero-order valence-corrected chi connectivity index (χ0v) is 7.90. The summed E-state index contributed by atoms with van der Waals surface area (Å²) in [7, 11) is 0. The van der Waals surface area contributed by atoms with Crippen molar-refractivity contribution in [2.75, 3.05) is 24.6 Å². The molecule has 68 valence electrons. The van der Waals surface area contributed by atoms with Gasteiger partial charge in [-0.2, -0.15) is 11.8 Å². The molecule has 2 aliphatic heterocycles. The molecule has 0 spiro atoms. The van der Waals surface area contributed by atoms with Crippen molar-refractivity contribution in [3.63, 3.8) is 0 Å². The van der Waals surface area contributed by atoms with E-state index >= 15 is 0 Å². The number of carbonyl (C=O) groups is 1. The van der Waals surface area contributed by atoms with Crippen LogP contribution in [0.3, 0.4) is 0 Å². The highest BCUT2D eigenvalue weighted by atomic mass is 32.2. The van der Waals surface area contributed by atoms with E-state index in [9.17, 15) is 4.79 Å². The van der Waals surface area contributed by atoms with Gasteiger partial charge in [0.05, 0.1) is 11.9 Å². The summed E-state index contributed by atoms with van der Waals surface area (Å²) in [6, 6.07) is 0. The Morgan fingerprint density at radius 2 is 2.50 bits per heavy atom. The molecule has 1 amide bonds. The van der Waals surface area contributed by atoms with Crippen LogP contribution >= 0.6 is 11.8 Å². The van der Waals surface area contributed by atoms with E-state index in [0.717, 1.165) is 25.3 Å². The molecule has 2 fully saturated rings. The molecule has 1 unspecified atom stereocenters. The Morgan fingerprint density at radius 3 is 3.17 bits per heavy atom. The SMILES string of the molecule is O=C1CSCCN1C1CCCN1. The number of rotatable bonds is 1. The van der Waals surface area contributed by atoms with Gasteiger partial charge in [0.1, 0.15) is 0 Å². The lowest BCUT2D eigenvalue weighted by atomic mass is 10.3. The van der Waals surface area contributed by atoms with Crippen molar-refractivity contribution in [2.45, 2.75) is 19.0 Å². The first-order chi connectivity index (χ1) is 5.88. The Morgan fingerprint density at radius 1 is 1.58 bits per heavy atom. The van der Waals surface area contributed by atoms with Gasteiger partial charge < -0.3 is 4.90 Å². The van der Waals surface area contributed by atoms with E-state index in [1.165, 1.54) is 6.42 Å². The van der Waals surface area contributed by atoms with Crippen molar-refractivity contribution in [2.24, 2.45) is 0 Å². The smallest absolute Gasteiger partial charge is 0.233 e. The van der Waals surface area contributed by atoms with Crippen LogP contribution < -0.4 is 5.32 Å². The van der Waals surface area contributed by atoms with Crippen molar-refractivity contribution >= 4 is 17.7 Å². The maximum atomic E-state index is 11.4. The standard InChI is InChI=1S/C8H14N2OS/c11-8-6-12-5-4-10(8)7-2-1-3-9-7/h7,9H,1-6H2. The Kier molecular flexibility index (Phi) is 2.56.